The van der Waals surface area contributed by atoms with Gasteiger partial charge in [-0.05, 0) is 12.2 Å². The summed E-state index contributed by atoms with van der Waals surface area (Å²) in [5.41, 5.74) is 0. The van der Waals surface area contributed by atoms with Crippen LogP contribution in [0.25, 0.3) is 0 Å². The zero-order valence-electron chi connectivity index (χ0n) is 14.3. The number of rotatable bonds is 13. The number of nitrogens with one attached hydrogen (secondary N) is 3. The lowest BCUT2D eigenvalue weighted by Gasteiger charge is -2.19. The van der Waals surface area contributed by atoms with Crippen LogP contribution in [0.1, 0.15) is 39.5 Å². The van der Waals surface area contributed by atoms with Crippen LogP contribution in [-0.4, -0.2) is 64.9 Å². The van der Waals surface area contributed by atoms with Gasteiger partial charge < -0.3 is 26.2 Å². The van der Waals surface area contributed by atoms with Crippen molar-refractivity contribution in [2.24, 2.45) is 0 Å². The van der Waals surface area contributed by atoms with E-state index in [9.17, 15) is 14.4 Å². The lowest BCUT2D eigenvalue weighted by Crippen LogP contribution is -2.48. The zero-order valence-corrected chi connectivity index (χ0v) is 15.2. The molecule has 1 atom stereocenters. The molecule has 0 radical (unpaired) electrons. The summed E-state index contributed by atoms with van der Waals surface area (Å²) in [6, 6.07) is -0.826. The van der Waals surface area contributed by atoms with E-state index in [0.29, 0.717) is 25.1 Å². The van der Waals surface area contributed by atoms with Crippen LogP contribution in [-0.2, 0) is 14.4 Å². The molecule has 5 N–H and O–H groups in total. The fourth-order valence-electron chi connectivity index (χ4n) is 1.80. The number of hydrogen-bond donors (Lipinski definition) is 5. The molecule has 0 aromatic rings. The molecule has 0 aliphatic rings. The van der Waals surface area contributed by atoms with Crippen molar-refractivity contribution in [3.8, 4) is 0 Å². The minimum absolute atomic E-state index is 0.0192. The molecular formula is C15H29N3O5S. The SMILES string of the molecule is CCSCCC(=O)N[C@@H](CCC(O)O)C(=O)NCCNC(=O)CC. The molecule has 9 heteroatoms. The average Bonchev–Trinajstić information content (AvgIpc) is 2.54. The maximum Gasteiger partial charge on any atom is 0.242 e. The molecule has 0 aromatic heterocycles. The number of aliphatic hydroxyl groups excluding tert-OH is 1. The van der Waals surface area contributed by atoms with Crippen molar-refractivity contribution in [2.75, 3.05) is 24.6 Å². The van der Waals surface area contributed by atoms with E-state index in [1.54, 1.807) is 18.7 Å². The van der Waals surface area contributed by atoms with E-state index >= 15 is 0 Å². The van der Waals surface area contributed by atoms with Gasteiger partial charge in [0.05, 0.1) is 0 Å². The molecule has 8 nitrogen and oxygen atoms in total. The molecule has 0 spiro atoms. The summed E-state index contributed by atoms with van der Waals surface area (Å²) in [6.07, 6.45) is -0.754. The molecule has 0 rings (SSSR count). The fourth-order valence-corrected chi connectivity index (χ4v) is 2.41. The first-order chi connectivity index (χ1) is 11.4. The number of carbonyl (C=O) groups is 3. The molecule has 0 bridgehead atoms. The largest absolute Gasteiger partial charge is 0.368 e. The summed E-state index contributed by atoms with van der Waals surface area (Å²) < 4.78 is 0. The highest BCUT2D eigenvalue weighted by molar-refractivity contribution is 7.99. The molecule has 0 fully saturated rings. The number of aliphatic hydroxyl groups is 2. The van der Waals surface area contributed by atoms with Gasteiger partial charge in [0.15, 0.2) is 6.29 Å². The number of amides is 3. The Labute approximate surface area is 147 Å². The average molecular weight is 363 g/mol. The van der Waals surface area contributed by atoms with Gasteiger partial charge in [-0.3, -0.25) is 14.4 Å². The Morgan fingerprint density at radius 3 is 2.25 bits per heavy atom. The van der Waals surface area contributed by atoms with Crippen molar-refractivity contribution < 1.29 is 24.6 Å². The van der Waals surface area contributed by atoms with Crippen LogP contribution < -0.4 is 16.0 Å². The third-order valence-electron chi connectivity index (χ3n) is 3.11. The van der Waals surface area contributed by atoms with E-state index in [4.69, 9.17) is 10.2 Å². The van der Waals surface area contributed by atoms with Gasteiger partial charge in [0.2, 0.25) is 17.7 Å². The third kappa shape index (κ3) is 12.1. The minimum atomic E-state index is -1.53. The van der Waals surface area contributed by atoms with Crippen molar-refractivity contribution >= 4 is 29.5 Å². The Morgan fingerprint density at radius 1 is 1.00 bits per heavy atom. The highest BCUT2D eigenvalue weighted by Crippen LogP contribution is 2.04. The van der Waals surface area contributed by atoms with E-state index < -0.39 is 18.2 Å². The van der Waals surface area contributed by atoms with Gasteiger partial charge in [-0.25, -0.2) is 0 Å². The lowest BCUT2D eigenvalue weighted by molar-refractivity contribution is -0.129. The molecule has 0 aromatic carbocycles. The summed E-state index contributed by atoms with van der Waals surface area (Å²) >= 11 is 1.63. The summed E-state index contributed by atoms with van der Waals surface area (Å²) in [5, 5.41) is 25.8. The molecule has 140 valence electrons. The first-order valence-corrected chi connectivity index (χ1v) is 9.33. The van der Waals surface area contributed by atoms with Gasteiger partial charge in [0.25, 0.3) is 0 Å². The molecule has 0 unspecified atom stereocenters. The first kappa shape index (κ1) is 22.7. The zero-order chi connectivity index (χ0) is 18.4. The van der Waals surface area contributed by atoms with Crippen LogP contribution in [0.4, 0.5) is 0 Å². The minimum Gasteiger partial charge on any atom is -0.368 e. The van der Waals surface area contributed by atoms with Gasteiger partial charge >= 0.3 is 0 Å². The number of hydrogen-bond acceptors (Lipinski definition) is 6. The van der Waals surface area contributed by atoms with Gasteiger partial charge in [-0.1, -0.05) is 13.8 Å². The van der Waals surface area contributed by atoms with Crippen molar-refractivity contribution in [1.82, 2.24) is 16.0 Å². The topological polar surface area (TPSA) is 128 Å². The van der Waals surface area contributed by atoms with Crippen LogP contribution in [0.3, 0.4) is 0 Å². The van der Waals surface area contributed by atoms with Crippen molar-refractivity contribution in [2.45, 2.75) is 51.9 Å². The second kappa shape index (κ2) is 14.1. The lowest BCUT2D eigenvalue weighted by atomic mass is 10.1. The Kier molecular flexibility index (Phi) is 13.3. The predicted octanol–water partition coefficient (Wildman–Crippen LogP) is -0.652. The van der Waals surface area contributed by atoms with Gasteiger partial charge in [0, 0.05) is 38.1 Å². The first-order valence-electron chi connectivity index (χ1n) is 8.18. The summed E-state index contributed by atoms with van der Waals surface area (Å²) in [4.78, 5) is 35.1. The predicted molar refractivity (Wildman–Crippen MR) is 93.3 cm³/mol. The van der Waals surface area contributed by atoms with Gasteiger partial charge in [-0.15, -0.1) is 0 Å². The summed E-state index contributed by atoms with van der Waals surface area (Å²) in [7, 11) is 0. The Bertz CT molecular complexity index is 393. The molecule has 0 saturated heterocycles. The number of thioether (sulfide) groups is 1. The highest BCUT2D eigenvalue weighted by atomic mass is 32.2. The Balaban J connectivity index is 4.32. The van der Waals surface area contributed by atoms with E-state index in [2.05, 4.69) is 16.0 Å². The second-order valence-corrected chi connectivity index (χ2v) is 6.51. The Hall–Kier alpha value is -1.32. The van der Waals surface area contributed by atoms with Crippen LogP contribution in [0.2, 0.25) is 0 Å². The van der Waals surface area contributed by atoms with Gasteiger partial charge in [0.1, 0.15) is 6.04 Å². The molecule has 0 saturated carbocycles. The van der Waals surface area contributed by atoms with Crippen LogP contribution in [0.15, 0.2) is 0 Å². The summed E-state index contributed by atoms with van der Waals surface area (Å²) in [6.45, 7) is 4.27. The van der Waals surface area contributed by atoms with E-state index in [1.807, 2.05) is 6.92 Å². The van der Waals surface area contributed by atoms with E-state index in [0.717, 1.165) is 5.75 Å². The molecule has 3 amide bonds. The molecular weight excluding hydrogens is 334 g/mol. The van der Waals surface area contributed by atoms with E-state index in [-0.39, 0.29) is 31.2 Å². The normalized spacial score (nSPS) is 11.9. The molecule has 24 heavy (non-hydrogen) atoms. The monoisotopic (exact) mass is 363 g/mol. The van der Waals surface area contributed by atoms with Crippen molar-refractivity contribution in [3.05, 3.63) is 0 Å². The molecule has 0 heterocycles. The maximum atomic E-state index is 12.1. The smallest absolute Gasteiger partial charge is 0.242 e. The van der Waals surface area contributed by atoms with Crippen LogP contribution in [0.5, 0.6) is 0 Å². The fraction of sp³-hybridized carbons (Fsp3) is 0.800. The number of carbonyl (C=O) groups excluding carboxylic acids is 3. The quantitative estimate of drug-likeness (QED) is 0.218. The highest BCUT2D eigenvalue weighted by Gasteiger charge is 2.21. The summed E-state index contributed by atoms with van der Waals surface area (Å²) in [5.74, 6) is 0.825. The van der Waals surface area contributed by atoms with Crippen molar-refractivity contribution in [3.63, 3.8) is 0 Å². The van der Waals surface area contributed by atoms with Crippen LogP contribution in [0, 0.1) is 0 Å². The standard InChI is InChI=1S/C15H29N3O5S/c1-3-12(19)16-8-9-17-15(23)11(5-6-14(21)22)18-13(20)7-10-24-4-2/h11,14,21-22H,3-10H2,1-2H3,(H,16,19)(H,17,23)(H,18,20)/t11-/m0/s1. The Morgan fingerprint density at radius 2 is 1.67 bits per heavy atom. The van der Waals surface area contributed by atoms with Crippen LogP contribution >= 0.6 is 11.8 Å². The second-order valence-electron chi connectivity index (χ2n) is 5.12. The molecule has 0 aliphatic heterocycles. The van der Waals surface area contributed by atoms with E-state index in [1.165, 1.54) is 0 Å². The maximum absolute atomic E-state index is 12.1. The third-order valence-corrected chi connectivity index (χ3v) is 4.01. The van der Waals surface area contributed by atoms with Crippen molar-refractivity contribution in [1.29, 1.82) is 0 Å². The van der Waals surface area contributed by atoms with Gasteiger partial charge in [-0.2, -0.15) is 11.8 Å². The molecule has 0 aliphatic carbocycles.